The van der Waals surface area contributed by atoms with Crippen molar-refractivity contribution in [1.29, 1.82) is 0 Å². The monoisotopic (exact) mass is 482 g/mol. The predicted molar refractivity (Wildman–Crippen MR) is 128 cm³/mol. The van der Waals surface area contributed by atoms with Gasteiger partial charge < -0.3 is 10.1 Å². The molecule has 1 fully saturated rings. The summed E-state index contributed by atoms with van der Waals surface area (Å²) in [7, 11) is -3.70. The second-order valence-corrected chi connectivity index (χ2v) is 10.3. The van der Waals surface area contributed by atoms with Gasteiger partial charge in [0.2, 0.25) is 15.5 Å². The molecule has 3 aromatic rings. The lowest BCUT2D eigenvalue weighted by Crippen LogP contribution is -2.48. The molecular weight excluding hydrogens is 456 g/mol. The Hall–Kier alpha value is -3.34. The number of amides is 1. The van der Waals surface area contributed by atoms with E-state index in [0.717, 1.165) is 5.56 Å². The molecule has 2 heterocycles. The third-order valence-corrected chi connectivity index (χ3v) is 7.30. The van der Waals surface area contributed by atoms with Gasteiger partial charge in [0.15, 0.2) is 5.69 Å². The van der Waals surface area contributed by atoms with Crippen LogP contribution >= 0.6 is 0 Å². The average Bonchev–Trinajstić information content (AvgIpc) is 2.79. The minimum atomic E-state index is -3.70. The Bertz CT molecular complexity index is 1340. The molecular formula is C24H26N4O5S. The molecule has 0 bridgehead atoms. The maximum Gasteiger partial charge on any atom is 0.280 e. The number of nitrogens with one attached hydrogen (secondary N) is 1. The molecule has 1 aromatic heterocycles. The Morgan fingerprint density at radius 1 is 1.00 bits per heavy atom. The van der Waals surface area contributed by atoms with Crippen LogP contribution < -0.4 is 10.7 Å². The topological polar surface area (TPSA) is 111 Å². The summed E-state index contributed by atoms with van der Waals surface area (Å²) in [5.41, 5.74) is 1.35. The molecule has 0 unspecified atom stereocenters. The van der Waals surface area contributed by atoms with E-state index in [4.69, 9.17) is 4.74 Å². The summed E-state index contributed by atoms with van der Waals surface area (Å²) in [5, 5.41) is 6.79. The van der Waals surface area contributed by atoms with Crippen molar-refractivity contribution in [3.05, 3.63) is 82.3 Å². The first-order valence-corrected chi connectivity index (χ1v) is 12.3. The number of carbonyl (C=O) groups is 1. The second kappa shape index (κ2) is 9.49. The third-order valence-electron chi connectivity index (χ3n) is 5.46. The standard InChI is InChI=1S/C24H26N4O5S/c1-16-4-8-20(9-5-16)28-13-12-22(29)23(26-28)24(30)25-19-6-10-21(11-7-19)34(31,32)27-14-17(2)33-18(3)15-27/h4-13,17-18H,14-15H2,1-3H3,(H,25,30)/t17-,18-/m0/s1. The molecule has 1 aliphatic heterocycles. The summed E-state index contributed by atoms with van der Waals surface area (Å²) in [4.78, 5) is 25.1. The molecule has 4 rings (SSSR count). The van der Waals surface area contributed by atoms with Crippen molar-refractivity contribution < 1.29 is 17.9 Å². The van der Waals surface area contributed by atoms with Gasteiger partial charge in [-0.25, -0.2) is 13.1 Å². The number of carbonyl (C=O) groups excluding carboxylic acids is 1. The zero-order valence-electron chi connectivity index (χ0n) is 19.1. The quantitative estimate of drug-likeness (QED) is 0.599. The van der Waals surface area contributed by atoms with Crippen molar-refractivity contribution in [2.75, 3.05) is 18.4 Å². The molecule has 1 amide bonds. The highest BCUT2D eigenvalue weighted by atomic mass is 32.2. The first-order valence-electron chi connectivity index (χ1n) is 10.9. The smallest absolute Gasteiger partial charge is 0.280 e. The predicted octanol–water partition coefficient (Wildman–Crippen LogP) is 2.59. The van der Waals surface area contributed by atoms with E-state index in [1.807, 2.05) is 45.0 Å². The van der Waals surface area contributed by atoms with Crippen LogP contribution in [-0.2, 0) is 14.8 Å². The first kappa shape index (κ1) is 23.8. The largest absolute Gasteiger partial charge is 0.373 e. The summed E-state index contributed by atoms with van der Waals surface area (Å²) in [6, 6.07) is 14.6. The molecule has 1 N–H and O–H groups in total. The molecule has 2 atom stereocenters. The molecule has 1 saturated heterocycles. The Labute approximate surface area is 198 Å². The van der Waals surface area contributed by atoms with Crippen LogP contribution in [0.5, 0.6) is 0 Å². The number of rotatable bonds is 5. The zero-order chi connectivity index (χ0) is 24.5. The number of sulfonamides is 1. The molecule has 2 aromatic carbocycles. The fourth-order valence-electron chi connectivity index (χ4n) is 3.78. The molecule has 178 valence electrons. The molecule has 1 aliphatic rings. The van der Waals surface area contributed by atoms with Crippen molar-refractivity contribution in [3.8, 4) is 5.69 Å². The van der Waals surface area contributed by atoms with Gasteiger partial charge in [0.1, 0.15) is 0 Å². The fourth-order valence-corrected chi connectivity index (χ4v) is 5.37. The molecule has 0 aliphatic carbocycles. The second-order valence-electron chi connectivity index (χ2n) is 8.37. The molecule has 9 nitrogen and oxygen atoms in total. The van der Waals surface area contributed by atoms with Crippen molar-refractivity contribution in [2.45, 2.75) is 37.9 Å². The molecule has 10 heteroatoms. The number of morpholine rings is 1. The minimum absolute atomic E-state index is 0.117. The van der Waals surface area contributed by atoms with Gasteiger partial charge in [-0.15, -0.1) is 0 Å². The number of hydrogen-bond donors (Lipinski definition) is 1. The summed E-state index contributed by atoms with van der Waals surface area (Å²) in [6.07, 6.45) is 1.11. The van der Waals surface area contributed by atoms with Crippen molar-refractivity contribution in [1.82, 2.24) is 14.1 Å². The van der Waals surface area contributed by atoms with E-state index in [-0.39, 0.29) is 35.9 Å². The SMILES string of the molecule is Cc1ccc(-n2ccc(=O)c(C(=O)Nc3ccc(S(=O)(=O)N4C[C@H](C)O[C@@H](C)C4)cc3)n2)cc1. The molecule has 34 heavy (non-hydrogen) atoms. The summed E-state index contributed by atoms with van der Waals surface area (Å²) < 4.78 is 34.5. The average molecular weight is 483 g/mol. The number of hydrogen-bond acceptors (Lipinski definition) is 6. The summed E-state index contributed by atoms with van der Waals surface area (Å²) in [5.74, 6) is -0.683. The van der Waals surface area contributed by atoms with Gasteiger partial charge in [-0.1, -0.05) is 17.7 Å². The van der Waals surface area contributed by atoms with E-state index in [2.05, 4.69) is 10.4 Å². The normalized spacial score (nSPS) is 19.0. The van der Waals surface area contributed by atoms with Crippen LogP contribution in [0.2, 0.25) is 0 Å². The molecule has 0 radical (unpaired) electrons. The number of ether oxygens (including phenoxy) is 1. The van der Waals surface area contributed by atoms with Crippen LogP contribution in [-0.4, -0.2) is 53.7 Å². The van der Waals surface area contributed by atoms with Crippen molar-refractivity contribution in [2.24, 2.45) is 0 Å². The number of aromatic nitrogens is 2. The van der Waals surface area contributed by atoms with Gasteiger partial charge in [0.05, 0.1) is 22.8 Å². The zero-order valence-corrected chi connectivity index (χ0v) is 20.0. The lowest BCUT2D eigenvalue weighted by atomic mass is 10.2. The number of aryl methyl sites for hydroxylation is 1. The van der Waals surface area contributed by atoms with Gasteiger partial charge in [-0.05, 0) is 57.2 Å². The van der Waals surface area contributed by atoms with E-state index in [0.29, 0.717) is 11.4 Å². The Morgan fingerprint density at radius 2 is 1.62 bits per heavy atom. The lowest BCUT2D eigenvalue weighted by molar-refractivity contribution is -0.0440. The van der Waals surface area contributed by atoms with Crippen LogP contribution in [0.25, 0.3) is 5.69 Å². The van der Waals surface area contributed by atoms with Gasteiger partial charge in [-0.3, -0.25) is 9.59 Å². The van der Waals surface area contributed by atoms with Gasteiger partial charge >= 0.3 is 0 Å². The fraction of sp³-hybridized carbons (Fsp3) is 0.292. The number of benzene rings is 2. The van der Waals surface area contributed by atoms with Crippen molar-refractivity contribution in [3.63, 3.8) is 0 Å². The van der Waals surface area contributed by atoms with Gasteiger partial charge in [0.25, 0.3) is 5.91 Å². The van der Waals surface area contributed by atoms with E-state index >= 15 is 0 Å². The third kappa shape index (κ3) is 5.09. The van der Waals surface area contributed by atoms with E-state index in [1.54, 1.807) is 0 Å². The van der Waals surface area contributed by atoms with Crippen LogP contribution in [0, 0.1) is 6.92 Å². The summed E-state index contributed by atoms with van der Waals surface area (Å²) in [6.45, 7) is 6.18. The first-order chi connectivity index (χ1) is 16.1. The maximum absolute atomic E-state index is 13.0. The molecule has 0 spiro atoms. The van der Waals surface area contributed by atoms with Crippen LogP contribution in [0.1, 0.15) is 29.9 Å². The van der Waals surface area contributed by atoms with Crippen LogP contribution in [0.4, 0.5) is 5.69 Å². The lowest BCUT2D eigenvalue weighted by Gasteiger charge is -2.34. The Morgan fingerprint density at radius 3 is 2.24 bits per heavy atom. The minimum Gasteiger partial charge on any atom is -0.373 e. The van der Waals surface area contributed by atoms with Crippen LogP contribution in [0.15, 0.2) is 70.5 Å². The Kier molecular flexibility index (Phi) is 6.65. The van der Waals surface area contributed by atoms with Gasteiger partial charge in [0, 0.05) is 31.0 Å². The Balaban J connectivity index is 1.52. The van der Waals surface area contributed by atoms with E-state index in [9.17, 15) is 18.0 Å². The van der Waals surface area contributed by atoms with Crippen LogP contribution in [0.3, 0.4) is 0 Å². The maximum atomic E-state index is 13.0. The highest BCUT2D eigenvalue weighted by molar-refractivity contribution is 7.89. The number of anilines is 1. The highest BCUT2D eigenvalue weighted by Gasteiger charge is 2.32. The highest BCUT2D eigenvalue weighted by Crippen LogP contribution is 2.22. The van der Waals surface area contributed by atoms with E-state index in [1.165, 1.54) is 45.5 Å². The van der Waals surface area contributed by atoms with E-state index < -0.39 is 21.4 Å². The summed E-state index contributed by atoms with van der Waals surface area (Å²) >= 11 is 0. The number of nitrogens with zero attached hydrogens (tertiary/aromatic N) is 3. The molecule has 0 saturated carbocycles. The van der Waals surface area contributed by atoms with Gasteiger partial charge in [-0.2, -0.15) is 9.40 Å². The van der Waals surface area contributed by atoms with Crippen molar-refractivity contribution >= 4 is 21.6 Å².